The van der Waals surface area contributed by atoms with Crippen molar-refractivity contribution in [2.45, 2.75) is 25.7 Å². The minimum atomic E-state index is 0. The van der Waals surface area contributed by atoms with Gasteiger partial charge < -0.3 is 11.0 Å². The molecule has 94 valence electrons. The fourth-order valence-electron chi connectivity index (χ4n) is 2.27. The number of rotatable bonds is 1. The van der Waals surface area contributed by atoms with Crippen molar-refractivity contribution in [3.63, 3.8) is 0 Å². The van der Waals surface area contributed by atoms with Crippen molar-refractivity contribution in [1.29, 1.82) is 0 Å². The normalized spacial score (nSPS) is 19.1. The van der Waals surface area contributed by atoms with Gasteiger partial charge in [0.2, 0.25) is 0 Å². The highest BCUT2D eigenvalue weighted by Gasteiger charge is 2.22. The van der Waals surface area contributed by atoms with Crippen LogP contribution in [0.5, 0.6) is 0 Å². The van der Waals surface area contributed by atoms with Crippen molar-refractivity contribution < 1.29 is 11.0 Å². The monoisotopic (exact) mass is 234 g/mol. The summed E-state index contributed by atoms with van der Waals surface area (Å²) in [5, 5.41) is 0. The Labute approximate surface area is 103 Å². The van der Waals surface area contributed by atoms with Crippen molar-refractivity contribution >= 4 is 6.08 Å². The summed E-state index contributed by atoms with van der Waals surface area (Å²) in [5.74, 6) is 1.08. The molecule has 17 heavy (non-hydrogen) atoms. The van der Waals surface area contributed by atoms with Crippen LogP contribution in [0.15, 0.2) is 48.6 Å². The van der Waals surface area contributed by atoms with Crippen LogP contribution in [0.4, 0.5) is 0 Å². The summed E-state index contributed by atoms with van der Waals surface area (Å²) in [4.78, 5) is 0. The summed E-state index contributed by atoms with van der Waals surface area (Å²) < 4.78 is 0. The maximum absolute atomic E-state index is 3.63. The summed E-state index contributed by atoms with van der Waals surface area (Å²) in [6.45, 7) is 3.63. The Hall–Kier alpha value is -1.38. The number of hydrogen-bond donors (Lipinski definition) is 0. The zero-order chi connectivity index (χ0) is 10.5. The molecule has 0 saturated heterocycles. The lowest BCUT2D eigenvalue weighted by atomic mass is 10.1. The number of allylic oxidation sites excluding steroid dienone is 2. The lowest BCUT2D eigenvalue weighted by Gasteiger charge is -1.98. The molecule has 0 radical (unpaired) electrons. The Morgan fingerprint density at radius 3 is 2.06 bits per heavy atom. The van der Waals surface area contributed by atoms with E-state index in [9.17, 15) is 0 Å². The minimum absolute atomic E-state index is 0. The van der Waals surface area contributed by atoms with Crippen LogP contribution in [0.1, 0.15) is 31.2 Å². The summed E-state index contributed by atoms with van der Waals surface area (Å²) in [6.07, 6.45) is 10.0. The SMILES string of the molecule is C1=C2CCC(C1)C2.C=Cc1ccccc1.O.O. The molecule has 0 aromatic heterocycles. The largest absolute Gasteiger partial charge is 0.412 e. The second-order valence-corrected chi connectivity index (χ2v) is 4.32. The highest BCUT2D eigenvalue weighted by atomic mass is 16.0. The van der Waals surface area contributed by atoms with Gasteiger partial charge in [-0.3, -0.25) is 0 Å². The molecule has 2 heteroatoms. The Bertz CT molecular complexity index is 354. The highest BCUT2D eigenvalue weighted by molar-refractivity contribution is 5.45. The van der Waals surface area contributed by atoms with Crippen LogP contribution in [0.2, 0.25) is 0 Å². The smallest absolute Gasteiger partial charge is 0.0263 e. The van der Waals surface area contributed by atoms with Crippen LogP contribution in [-0.4, -0.2) is 11.0 Å². The molecule has 1 unspecified atom stereocenters. The Morgan fingerprint density at radius 2 is 1.82 bits per heavy atom. The third-order valence-corrected chi connectivity index (χ3v) is 3.20. The second-order valence-electron chi connectivity index (χ2n) is 4.32. The summed E-state index contributed by atoms with van der Waals surface area (Å²) in [7, 11) is 0. The molecule has 1 saturated carbocycles. The van der Waals surface area contributed by atoms with Gasteiger partial charge in [0.15, 0.2) is 0 Å². The van der Waals surface area contributed by atoms with E-state index in [0.717, 1.165) is 5.92 Å². The molecule has 4 N–H and O–H groups in total. The first kappa shape index (κ1) is 15.6. The molecule has 2 aliphatic rings. The number of benzene rings is 1. The van der Waals surface area contributed by atoms with Crippen molar-refractivity contribution in [3.8, 4) is 0 Å². The zero-order valence-electron chi connectivity index (χ0n) is 10.2. The summed E-state index contributed by atoms with van der Waals surface area (Å²) in [6, 6.07) is 10.0. The van der Waals surface area contributed by atoms with Crippen LogP contribution in [0.3, 0.4) is 0 Å². The molecule has 2 aliphatic carbocycles. The molecule has 3 rings (SSSR count). The van der Waals surface area contributed by atoms with Gasteiger partial charge in [-0.1, -0.05) is 54.6 Å². The second kappa shape index (κ2) is 7.82. The quantitative estimate of drug-likeness (QED) is 0.671. The van der Waals surface area contributed by atoms with Gasteiger partial charge in [-0.05, 0) is 37.2 Å². The molecule has 2 bridgehead atoms. The molecule has 0 heterocycles. The summed E-state index contributed by atoms with van der Waals surface area (Å²) in [5.41, 5.74) is 2.91. The first-order chi connectivity index (χ1) is 7.38. The van der Waals surface area contributed by atoms with Gasteiger partial charge in [-0.15, -0.1) is 0 Å². The fraction of sp³-hybridized carbons (Fsp3) is 0.333. The van der Waals surface area contributed by atoms with E-state index >= 15 is 0 Å². The fourth-order valence-corrected chi connectivity index (χ4v) is 2.27. The first-order valence-electron chi connectivity index (χ1n) is 5.74. The predicted octanol–water partition coefficient (Wildman–Crippen LogP) is 2.80. The van der Waals surface area contributed by atoms with Crippen molar-refractivity contribution in [3.05, 3.63) is 54.1 Å². The van der Waals surface area contributed by atoms with Gasteiger partial charge >= 0.3 is 0 Å². The average Bonchev–Trinajstić information content (AvgIpc) is 2.95. The molecule has 1 fully saturated rings. The van der Waals surface area contributed by atoms with Gasteiger partial charge in [0, 0.05) is 0 Å². The highest BCUT2D eigenvalue weighted by Crippen LogP contribution is 2.38. The lowest BCUT2D eigenvalue weighted by Crippen LogP contribution is -1.85. The first-order valence-corrected chi connectivity index (χ1v) is 5.74. The van der Waals surface area contributed by atoms with Gasteiger partial charge in [-0.2, -0.15) is 0 Å². The Balaban J connectivity index is 0.000000270. The third-order valence-electron chi connectivity index (χ3n) is 3.20. The van der Waals surface area contributed by atoms with Crippen LogP contribution in [0.25, 0.3) is 6.08 Å². The van der Waals surface area contributed by atoms with E-state index in [0.29, 0.717) is 0 Å². The van der Waals surface area contributed by atoms with Gasteiger partial charge in [0.25, 0.3) is 0 Å². The number of fused-ring (bicyclic) bond motifs is 2. The van der Waals surface area contributed by atoms with E-state index in [1.165, 1.54) is 31.2 Å². The maximum atomic E-state index is 3.63. The molecule has 2 nitrogen and oxygen atoms in total. The average molecular weight is 234 g/mol. The molecular weight excluding hydrogens is 212 g/mol. The van der Waals surface area contributed by atoms with E-state index in [1.807, 2.05) is 36.4 Å². The van der Waals surface area contributed by atoms with Crippen LogP contribution in [0, 0.1) is 5.92 Å². The van der Waals surface area contributed by atoms with Crippen molar-refractivity contribution in [1.82, 2.24) is 0 Å². The van der Waals surface area contributed by atoms with Gasteiger partial charge in [0.05, 0.1) is 0 Å². The Kier molecular flexibility index (Phi) is 7.19. The standard InChI is InChI=1S/C8H8.C7H10.2H2O/c1-2-8-6-4-3-5-7-8;1-2-7-4-3-6(1)5-7;;/h2-7H,1H2;1,7H,2-5H2;2*1H2. The van der Waals surface area contributed by atoms with E-state index < -0.39 is 0 Å². The molecular formula is C15H22O2. The third kappa shape index (κ3) is 4.55. The van der Waals surface area contributed by atoms with Crippen molar-refractivity contribution in [2.75, 3.05) is 0 Å². The molecule has 0 spiro atoms. The van der Waals surface area contributed by atoms with E-state index in [4.69, 9.17) is 0 Å². The lowest BCUT2D eigenvalue weighted by molar-refractivity contribution is 0.576. The topological polar surface area (TPSA) is 63.0 Å². The minimum Gasteiger partial charge on any atom is -0.412 e. The predicted molar refractivity (Wildman–Crippen MR) is 73.8 cm³/mol. The molecule has 1 aromatic rings. The van der Waals surface area contributed by atoms with E-state index in [1.54, 1.807) is 5.57 Å². The van der Waals surface area contributed by atoms with Crippen LogP contribution >= 0.6 is 0 Å². The molecule has 1 atom stereocenters. The van der Waals surface area contributed by atoms with E-state index in [2.05, 4.69) is 12.7 Å². The van der Waals surface area contributed by atoms with E-state index in [-0.39, 0.29) is 11.0 Å². The van der Waals surface area contributed by atoms with Gasteiger partial charge in [-0.25, -0.2) is 0 Å². The molecule has 1 aromatic carbocycles. The maximum Gasteiger partial charge on any atom is -0.0263 e. The van der Waals surface area contributed by atoms with Gasteiger partial charge in [0.1, 0.15) is 0 Å². The number of hydrogen-bond acceptors (Lipinski definition) is 0. The Morgan fingerprint density at radius 1 is 1.12 bits per heavy atom. The molecule has 0 amide bonds. The van der Waals surface area contributed by atoms with Crippen LogP contribution < -0.4 is 0 Å². The van der Waals surface area contributed by atoms with Crippen molar-refractivity contribution in [2.24, 2.45) is 5.92 Å². The summed E-state index contributed by atoms with van der Waals surface area (Å²) >= 11 is 0. The molecule has 0 aliphatic heterocycles. The van der Waals surface area contributed by atoms with Crippen LogP contribution in [-0.2, 0) is 0 Å². The zero-order valence-corrected chi connectivity index (χ0v) is 10.2.